The lowest BCUT2D eigenvalue weighted by molar-refractivity contribution is 0.799. The number of halogens is 2. The van der Waals surface area contributed by atoms with Crippen molar-refractivity contribution in [2.75, 3.05) is 0 Å². The van der Waals surface area contributed by atoms with E-state index in [1.54, 1.807) is 17.1 Å². The monoisotopic (exact) mass is 256 g/mol. The molecule has 2 rings (SSSR count). The molecule has 0 aromatic carbocycles. The van der Waals surface area contributed by atoms with Gasteiger partial charge in [0.25, 0.3) is 0 Å². The van der Waals surface area contributed by atoms with Gasteiger partial charge in [0.15, 0.2) is 5.82 Å². The van der Waals surface area contributed by atoms with Crippen LogP contribution in [-0.4, -0.2) is 19.7 Å². The molecule has 16 heavy (non-hydrogen) atoms. The molecule has 84 valence electrons. The Morgan fingerprint density at radius 3 is 2.75 bits per heavy atom. The lowest BCUT2D eigenvalue weighted by Gasteiger charge is -2.07. The van der Waals surface area contributed by atoms with E-state index in [0.29, 0.717) is 16.0 Å². The van der Waals surface area contributed by atoms with Crippen LogP contribution in [0.4, 0.5) is 0 Å². The molecule has 0 radical (unpaired) electrons. The number of nitrogens with zero attached hydrogens (tertiary/aromatic N) is 4. The molecule has 0 amide bonds. The molecule has 2 aromatic heterocycles. The first-order valence-electron chi connectivity index (χ1n) is 4.92. The van der Waals surface area contributed by atoms with E-state index in [1.165, 1.54) is 6.33 Å². The summed E-state index contributed by atoms with van der Waals surface area (Å²) in [5.41, 5.74) is 0.895. The van der Waals surface area contributed by atoms with Crippen molar-refractivity contribution in [2.45, 2.75) is 19.8 Å². The van der Waals surface area contributed by atoms with Gasteiger partial charge in [-0.25, -0.2) is 14.6 Å². The average Bonchev–Trinajstić information content (AvgIpc) is 2.68. The van der Waals surface area contributed by atoms with E-state index in [2.05, 4.69) is 22.0 Å². The van der Waals surface area contributed by atoms with Crippen LogP contribution in [0.1, 0.15) is 18.9 Å². The third kappa shape index (κ3) is 2.18. The summed E-state index contributed by atoms with van der Waals surface area (Å²) in [6.45, 7) is 2.07. The molecule has 0 bridgehead atoms. The molecular weight excluding hydrogens is 247 g/mol. The van der Waals surface area contributed by atoms with Crippen molar-refractivity contribution in [3.8, 4) is 5.82 Å². The summed E-state index contributed by atoms with van der Waals surface area (Å²) in [6.07, 6.45) is 6.46. The molecule has 0 aliphatic heterocycles. The average molecular weight is 257 g/mol. The van der Waals surface area contributed by atoms with Crippen LogP contribution in [0.3, 0.4) is 0 Å². The number of hydrogen-bond acceptors (Lipinski definition) is 3. The molecule has 2 heterocycles. The first kappa shape index (κ1) is 11.4. The molecule has 2 aromatic rings. The number of aromatic nitrogens is 4. The third-order valence-electron chi connectivity index (χ3n) is 2.14. The fourth-order valence-electron chi connectivity index (χ4n) is 1.46. The van der Waals surface area contributed by atoms with E-state index in [9.17, 15) is 0 Å². The molecule has 0 fully saturated rings. The van der Waals surface area contributed by atoms with Gasteiger partial charge >= 0.3 is 0 Å². The highest BCUT2D eigenvalue weighted by Gasteiger charge is 2.11. The Kier molecular flexibility index (Phi) is 3.41. The summed E-state index contributed by atoms with van der Waals surface area (Å²) in [5.74, 6) is 0.689. The molecule has 0 aliphatic carbocycles. The molecule has 6 heteroatoms. The van der Waals surface area contributed by atoms with Crippen molar-refractivity contribution in [2.24, 2.45) is 0 Å². The highest BCUT2D eigenvalue weighted by Crippen LogP contribution is 2.21. The molecule has 0 saturated carbocycles. The lowest BCUT2D eigenvalue weighted by Crippen LogP contribution is -2.05. The van der Waals surface area contributed by atoms with Crippen molar-refractivity contribution in [1.29, 1.82) is 0 Å². The molecule has 0 N–H and O–H groups in total. The number of rotatable bonds is 3. The van der Waals surface area contributed by atoms with Crippen LogP contribution in [0.2, 0.25) is 10.2 Å². The van der Waals surface area contributed by atoms with Gasteiger partial charge in [-0.1, -0.05) is 36.5 Å². The first-order chi connectivity index (χ1) is 7.72. The topological polar surface area (TPSA) is 43.6 Å². The van der Waals surface area contributed by atoms with Gasteiger partial charge in [-0.3, -0.25) is 0 Å². The van der Waals surface area contributed by atoms with Gasteiger partial charge in [0.05, 0.1) is 17.4 Å². The van der Waals surface area contributed by atoms with Crippen LogP contribution in [0.25, 0.3) is 5.82 Å². The second-order valence-corrected chi connectivity index (χ2v) is 4.11. The van der Waals surface area contributed by atoms with Gasteiger partial charge in [-0.05, 0) is 6.42 Å². The zero-order valence-corrected chi connectivity index (χ0v) is 10.2. The van der Waals surface area contributed by atoms with Crippen molar-refractivity contribution < 1.29 is 0 Å². The summed E-state index contributed by atoms with van der Waals surface area (Å²) in [4.78, 5) is 8.16. The van der Waals surface area contributed by atoms with E-state index in [-0.39, 0.29) is 0 Å². The Hall–Kier alpha value is -1.13. The zero-order chi connectivity index (χ0) is 11.5. The first-order valence-corrected chi connectivity index (χ1v) is 5.68. The van der Waals surface area contributed by atoms with Gasteiger partial charge in [0.2, 0.25) is 0 Å². The Bertz CT molecular complexity index is 495. The van der Waals surface area contributed by atoms with Crippen molar-refractivity contribution >= 4 is 23.2 Å². The highest BCUT2D eigenvalue weighted by atomic mass is 35.5. The predicted molar refractivity (Wildman–Crippen MR) is 63.2 cm³/mol. The van der Waals surface area contributed by atoms with Gasteiger partial charge < -0.3 is 0 Å². The largest absolute Gasteiger partial charge is 0.224 e. The minimum absolute atomic E-state index is 0.471. The Morgan fingerprint density at radius 2 is 2.12 bits per heavy atom. The maximum Gasteiger partial charge on any atom is 0.161 e. The summed E-state index contributed by atoms with van der Waals surface area (Å²) in [6, 6.07) is 0. The summed E-state index contributed by atoms with van der Waals surface area (Å²) < 4.78 is 1.61. The minimum atomic E-state index is 0.471. The Labute approximate surface area is 103 Å². The molecule has 0 saturated heterocycles. The fraction of sp³-hybridized carbons (Fsp3) is 0.300. The van der Waals surface area contributed by atoms with Crippen LogP contribution in [0.15, 0.2) is 18.7 Å². The van der Waals surface area contributed by atoms with E-state index in [0.717, 1.165) is 18.4 Å². The second kappa shape index (κ2) is 4.80. The molecular formula is C10H10Cl2N4. The summed E-state index contributed by atoms with van der Waals surface area (Å²) in [7, 11) is 0. The third-order valence-corrected chi connectivity index (χ3v) is 2.66. The maximum absolute atomic E-state index is 6.04. The van der Waals surface area contributed by atoms with E-state index < -0.39 is 0 Å². The van der Waals surface area contributed by atoms with Crippen LogP contribution in [0.5, 0.6) is 0 Å². The summed E-state index contributed by atoms with van der Waals surface area (Å²) in [5, 5.41) is 5.14. The second-order valence-electron chi connectivity index (χ2n) is 3.32. The Morgan fingerprint density at radius 1 is 1.31 bits per heavy atom. The van der Waals surface area contributed by atoms with Crippen molar-refractivity contribution in [3.05, 3.63) is 34.5 Å². The molecule has 0 unspecified atom stereocenters. The SMILES string of the molecule is CCCc1c(Cl)ncnc1-n1cc(Cl)cn1. The standard InChI is InChI=1S/C10H10Cl2N4/c1-2-3-8-9(12)13-6-14-10(8)16-5-7(11)4-15-16/h4-6H,2-3H2,1H3. The predicted octanol–water partition coefficient (Wildman–Crippen LogP) is 2.92. The van der Waals surface area contributed by atoms with E-state index in [4.69, 9.17) is 23.2 Å². The minimum Gasteiger partial charge on any atom is -0.224 e. The van der Waals surface area contributed by atoms with Crippen LogP contribution >= 0.6 is 23.2 Å². The Balaban J connectivity index is 2.51. The van der Waals surface area contributed by atoms with Gasteiger partial charge in [0, 0.05) is 5.56 Å². The maximum atomic E-state index is 6.04. The van der Waals surface area contributed by atoms with E-state index >= 15 is 0 Å². The van der Waals surface area contributed by atoms with Gasteiger partial charge in [-0.15, -0.1) is 0 Å². The highest BCUT2D eigenvalue weighted by molar-refractivity contribution is 6.30. The normalized spacial score (nSPS) is 10.7. The molecule has 0 aliphatic rings. The fourth-order valence-corrected chi connectivity index (χ4v) is 1.82. The molecule has 4 nitrogen and oxygen atoms in total. The van der Waals surface area contributed by atoms with Crippen LogP contribution < -0.4 is 0 Å². The van der Waals surface area contributed by atoms with Crippen molar-refractivity contribution in [1.82, 2.24) is 19.7 Å². The van der Waals surface area contributed by atoms with Crippen molar-refractivity contribution in [3.63, 3.8) is 0 Å². The zero-order valence-electron chi connectivity index (χ0n) is 8.69. The molecule has 0 atom stereocenters. The van der Waals surface area contributed by atoms with Crippen LogP contribution in [-0.2, 0) is 6.42 Å². The van der Waals surface area contributed by atoms with E-state index in [1.807, 2.05) is 0 Å². The lowest BCUT2D eigenvalue weighted by atomic mass is 10.2. The molecule has 0 spiro atoms. The smallest absolute Gasteiger partial charge is 0.161 e. The van der Waals surface area contributed by atoms with Crippen LogP contribution in [0, 0.1) is 0 Å². The number of hydrogen-bond donors (Lipinski definition) is 0. The summed E-state index contributed by atoms with van der Waals surface area (Å²) >= 11 is 11.9. The quantitative estimate of drug-likeness (QED) is 0.794. The van der Waals surface area contributed by atoms with Gasteiger partial charge in [0.1, 0.15) is 11.5 Å². The van der Waals surface area contributed by atoms with Gasteiger partial charge in [-0.2, -0.15) is 5.10 Å².